The number of carbonyl (C=O) groups is 5. The van der Waals surface area contributed by atoms with Gasteiger partial charge in [0, 0.05) is 18.7 Å². The van der Waals surface area contributed by atoms with E-state index in [0.717, 1.165) is 0 Å². The largest absolute Gasteiger partial charge is 0.480 e. The Kier molecular flexibility index (Phi) is 13.4. The number of thiol groups is 1. The highest BCUT2D eigenvalue weighted by atomic mass is 32.1. The van der Waals surface area contributed by atoms with Crippen LogP contribution in [0.1, 0.15) is 25.7 Å². The molecular weight excluding hydrogens is 432 g/mol. The first-order chi connectivity index (χ1) is 14.5. The Morgan fingerprint density at radius 1 is 0.968 bits per heavy atom. The molecule has 12 N–H and O–H groups in total. The summed E-state index contributed by atoms with van der Waals surface area (Å²) in [5, 5.41) is 16.0. The Bertz CT molecular complexity index is 685. The van der Waals surface area contributed by atoms with Gasteiger partial charge >= 0.3 is 5.97 Å². The van der Waals surface area contributed by atoms with Gasteiger partial charge in [0.25, 0.3) is 0 Å². The van der Waals surface area contributed by atoms with Crippen LogP contribution in [0.25, 0.3) is 0 Å². The van der Waals surface area contributed by atoms with Gasteiger partial charge in [0.2, 0.25) is 23.6 Å². The lowest BCUT2D eigenvalue weighted by molar-refractivity contribution is -0.142. The molecule has 0 saturated carbocycles. The third-order valence-corrected chi connectivity index (χ3v) is 4.22. The van der Waals surface area contributed by atoms with E-state index in [0.29, 0.717) is 13.0 Å². The number of carbonyl (C=O) groups excluding carboxylic acids is 4. The summed E-state index contributed by atoms with van der Waals surface area (Å²) in [5.41, 5.74) is 21.0. The van der Waals surface area contributed by atoms with E-state index >= 15 is 0 Å². The van der Waals surface area contributed by atoms with Crippen molar-refractivity contribution in [2.45, 2.75) is 43.8 Å². The lowest BCUT2D eigenvalue weighted by Crippen LogP contribution is -2.54. The first kappa shape index (κ1) is 27.9. The summed E-state index contributed by atoms with van der Waals surface area (Å²) in [6.07, 6.45) is 0.295. The van der Waals surface area contributed by atoms with Crippen molar-refractivity contribution in [2.24, 2.45) is 27.9 Å². The van der Waals surface area contributed by atoms with Gasteiger partial charge in [0.1, 0.15) is 12.1 Å². The minimum Gasteiger partial charge on any atom is -0.480 e. The van der Waals surface area contributed by atoms with Crippen LogP contribution in [0.2, 0.25) is 0 Å². The molecule has 0 aliphatic rings. The Morgan fingerprint density at radius 3 is 2.13 bits per heavy atom. The number of carboxylic acid groups (broad SMARTS) is 1. The van der Waals surface area contributed by atoms with Crippen molar-refractivity contribution < 1.29 is 29.1 Å². The van der Waals surface area contributed by atoms with Crippen LogP contribution in [-0.2, 0) is 24.0 Å². The van der Waals surface area contributed by atoms with Crippen molar-refractivity contribution in [3.8, 4) is 0 Å². The zero-order valence-electron chi connectivity index (χ0n) is 16.9. The number of nitrogens with zero attached hydrogens (tertiary/aromatic N) is 1. The van der Waals surface area contributed by atoms with E-state index < -0.39 is 54.3 Å². The van der Waals surface area contributed by atoms with Gasteiger partial charge in [0.15, 0.2) is 5.96 Å². The van der Waals surface area contributed by atoms with Gasteiger partial charge in [-0.15, -0.1) is 0 Å². The number of amides is 4. The quantitative estimate of drug-likeness (QED) is 0.0493. The number of guanidine groups is 1. The summed E-state index contributed by atoms with van der Waals surface area (Å²) in [4.78, 5) is 61.9. The number of rotatable bonds is 15. The number of hydrogen-bond acceptors (Lipinski definition) is 8. The fourth-order valence-corrected chi connectivity index (χ4v) is 2.46. The average molecular weight is 463 g/mol. The number of hydrogen-bond donors (Lipinski definition) is 9. The number of nitrogens with two attached hydrogens (primary N) is 4. The SMILES string of the molecule is NC(=O)CCC(NC(=O)C(CS)NC(=O)CNC(=O)C(N)CCCN=C(N)N)C(=O)O. The maximum absolute atomic E-state index is 12.2. The summed E-state index contributed by atoms with van der Waals surface area (Å²) in [5.74, 6) is -4.39. The standard InChI is InChI=1S/C16H30N8O6S/c17-8(2-1-5-21-16(19)20)13(27)22-6-12(26)23-10(7-31)14(28)24-9(15(29)30)3-4-11(18)25/h8-10,31H,1-7,17H2,(H2,18,25)(H,22,27)(H,23,26)(H,24,28)(H,29,30)(H4,19,20,21). The Balaban J connectivity index is 4.53. The molecule has 0 bridgehead atoms. The normalized spacial score (nSPS) is 13.2. The summed E-state index contributed by atoms with van der Waals surface area (Å²) < 4.78 is 0. The summed E-state index contributed by atoms with van der Waals surface area (Å²) in [7, 11) is 0. The molecule has 0 saturated heterocycles. The van der Waals surface area contributed by atoms with Gasteiger partial charge < -0.3 is 44.0 Å². The third-order valence-electron chi connectivity index (χ3n) is 3.86. The molecule has 0 heterocycles. The van der Waals surface area contributed by atoms with Gasteiger partial charge in [-0.1, -0.05) is 0 Å². The second-order valence-electron chi connectivity index (χ2n) is 6.48. The molecule has 15 heteroatoms. The zero-order chi connectivity index (χ0) is 24.0. The van der Waals surface area contributed by atoms with E-state index in [9.17, 15) is 24.0 Å². The molecule has 3 atom stereocenters. The fourth-order valence-electron chi connectivity index (χ4n) is 2.20. The van der Waals surface area contributed by atoms with Crippen LogP contribution >= 0.6 is 12.6 Å². The smallest absolute Gasteiger partial charge is 0.326 e. The predicted molar refractivity (Wildman–Crippen MR) is 115 cm³/mol. The van der Waals surface area contributed by atoms with Crippen molar-refractivity contribution in [1.82, 2.24) is 16.0 Å². The number of primary amides is 1. The number of aliphatic carboxylic acids is 1. The van der Waals surface area contributed by atoms with Gasteiger partial charge in [-0.3, -0.25) is 24.2 Å². The van der Waals surface area contributed by atoms with Crippen LogP contribution in [-0.4, -0.2) is 77.6 Å². The van der Waals surface area contributed by atoms with Crippen molar-refractivity contribution >= 4 is 48.2 Å². The molecule has 3 unspecified atom stereocenters. The molecule has 31 heavy (non-hydrogen) atoms. The third kappa shape index (κ3) is 13.0. The van der Waals surface area contributed by atoms with Crippen LogP contribution in [0.5, 0.6) is 0 Å². The average Bonchev–Trinajstić information content (AvgIpc) is 2.69. The zero-order valence-corrected chi connectivity index (χ0v) is 17.8. The molecule has 4 amide bonds. The lowest BCUT2D eigenvalue weighted by Gasteiger charge is -2.20. The predicted octanol–water partition coefficient (Wildman–Crippen LogP) is -4.27. The van der Waals surface area contributed by atoms with Crippen LogP contribution in [0, 0.1) is 0 Å². The molecule has 14 nitrogen and oxygen atoms in total. The van der Waals surface area contributed by atoms with Crippen LogP contribution in [0.4, 0.5) is 0 Å². The fraction of sp³-hybridized carbons (Fsp3) is 0.625. The topological polar surface area (TPSA) is 258 Å². The Hall–Kier alpha value is -3.07. The maximum Gasteiger partial charge on any atom is 0.326 e. The minimum absolute atomic E-state index is 0.0694. The lowest BCUT2D eigenvalue weighted by atomic mass is 10.1. The van der Waals surface area contributed by atoms with Crippen molar-refractivity contribution in [3.05, 3.63) is 0 Å². The van der Waals surface area contributed by atoms with Crippen LogP contribution in [0.3, 0.4) is 0 Å². The monoisotopic (exact) mass is 462 g/mol. The van der Waals surface area contributed by atoms with Crippen molar-refractivity contribution in [3.63, 3.8) is 0 Å². The van der Waals surface area contributed by atoms with E-state index in [1.807, 2.05) is 0 Å². The van der Waals surface area contributed by atoms with E-state index in [1.54, 1.807) is 0 Å². The molecule has 0 radical (unpaired) electrons. The molecule has 0 aromatic rings. The molecule has 0 spiro atoms. The molecule has 0 aromatic heterocycles. The van der Waals surface area contributed by atoms with E-state index in [-0.39, 0.29) is 31.0 Å². The highest BCUT2D eigenvalue weighted by molar-refractivity contribution is 7.80. The van der Waals surface area contributed by atoms with Crippen LogP contribution < -0.4 is 38.9 Å². The first-order valence-electron chi connectivity index (χ1n) is 9.28. The molecule has 176 valence electrons. The van der Waals surface area contributed by atoms with Gasteiger partial charge in [0.05, 0.1) is 12.6 Å². The molecule has 0 aromatic carbocycles. The molecular formula is C16H30N8O6S. The van der Waals surface area contributed by atoms with Crippen molar-refractivity contribution in [1.29, 1.82) is 0 Å². The highest BCUT2D eigenvalue weighted by Gasteiger charge is 2.26. The second-order valence-corrected chi connectivity index (χ2v) is 6.85. The molecule has 0 aliphatic heterocycles. The second kappa shape index (κ2) is 14.8. The van der Waals surface area contributed by atoms with Gasteiger partial charge in [-0.05, 0) is 19.3 Å². The van der Waals surface area contributed by atoms with E-state index in [2.05, 4.69) is 33.6 Å². The summed E-state index contributed by atoms with van der Waals surface area (Å²) >= 11 is 3.96. The highest BCUT2D eigenvalue weighted by Crippen LogP contribution is 2.00. The number of nitrogens with one attached hydrogen (secondary N) is 3. The van der Waals surface area contributed by atoms with Gasteiger partial charge in [-0.25, -0.2) is 4.79 Å². The Morgan fingerprint density at radius 2 is 1.61 bits per heavy atom. The minimum atomic E-state index is -1.36. The summed E-state index contributed by atoms with van der Waals surface area (Å²) in [6, 6.07) is -3.42. The summed E-state index contributed by atoms with van der Waals surface area (Å²) in [6.45, 7) is -0.151. The maximum atomic E-state index is 12.2. The molecule has 0 aliphatic carbocycles. The van der Waals surface area contributed by atoms with Crippen LogP contribution in [0.15, 0.2) is 4.99 Å². The molecule has 0 fully saturated rings. The number of carboxylic acids is 1. The molecule has 0 rings (SSSR count). The first-order valence-corrected chi connectivity index (χ1v) is 9.91. The number of aliphatic imine (C=N–C) groups is 1. The van der Waals surface area contributed by atoms with E-state index in [1.165, 1.54) is 0 Å². The Labute approximate surface area is 184 Å². The van der Waals surface area contributed by atoms with E-state index in [4.69, 9.17) is 28.0 Å². The van der Waals surface area contributed by atoms with Gasteiger partial charge in [-0.2, -0.15) is 12.6 Å². The van der Waals surface area contributed by atoms with Crippen molar-refractivity contribution in [2.75, 3.05) is 18.8 Å².